The lowest BCUT2D eigenvalue weighted by Gasteiger charge is -2.26. The van der Waals surface area contributed by atoms with E-state index in [-0.39, 0.29) is 11.5 Å². The standard InChI is InChI=1S/C31H27ClN4O2/c32-27-14-12-23(13-15-27)22-38-29-11-7-8-24(19-29)30-26(21-36(34-30)28-9-3-1-4-10-28)18-25(20-33)31(37)35-16-5-2-6-17-35/h1,3-4,7-15,18-19,21H,2,5-6,16-17,22H2. The third kappa shape index (κ3) is 5.96. The van der Waals surface area contributed by atoms with Crippen LogP contribution in [-0.2, 0) is 11.4 Å². The van der Waals surface area contributed by atoms with Crippen LogP contribution < -0.4 is 4.74 Å². The molecule has 0 unspecified atom stereocenters. The van der Waals surface area contributed by atoms with Crippen molar-refractivity contribution in [3.8, 4) is 28.8 Å². The third-order valence-electron chi connectivity index (χ3n) is 6.48. The fraction of sp³-hybridized carbons (Fsp3) is 0.194. The molecule has 4 aromatic rings. The number of ether oxygens (including phenoxy) is 1. The van der Waals surface area contributed by atoms with Crippen molar-refractivity contribution in [1.82, 2.24) is 14.7 Å². The van der Waals surface area contributed by atoms with Crippen LogP contribution in [0.5, 0.6) is 5.75 Å². The molecule has 1 fully saturated rings. The number of nitrogens with zero attached hydrogens (tertiary/aromatic N) is 4. The van der Waals surface area contributed by atoms with Crippen LogP contribution in [0.25, 0.3) is 23.0 Å². The fourth-order valence-electron chi connectivity index (χ4n) is 4.48. The number of likely N-dealkylation sites (tertiary alicyclic amines) is 1. The second-order valence-corrected chi connectivity index (χ2v) is 9.62. The Morgan fingerprint density at radius 3 is 2.50 bits per heavy atom. The normalized spacial score (nSPS) is 13.7. The molecule has 6 nitrogen and oxygen atoms in total. The molecule has 38 heavy (non-hydrogen) atoms. The van der Waals surface area contributed by atoms with Crippen LogP contribution in [0, 0.1) is 11.3 Å². The number of benzene rings is 3. The highest BCUT2D eigenvalue weighted by atomic mass is 35.5. The summed E-state index contributed by atoms with van der Waals surface area (Å²) in [5.74, 6) is 0.456. The van der Waals surface area contributed by atoms with Crippen molar-refractivity contribution in [3.63, 3.8) is 0 Å². The van der Waals surface area contributed by atoms with Gasteiger partial charge in [-0.2, -0.15) is 10.4 Å². The summed E-state index contributed by atoms with van der Waals surface area (Å²) in [6.07, 6.45) is 6.54. The minimum atomic E-state index is -0.231. The van der Waals surface area contributed by atoms with Gasteiger partial charge in [0.2, 0.25) is 0 Å². The van der Waals surface area contributed by atoms with Crippen molar-refractivity contribution in [2.24, 2.45) is 0 Å². The molecule has 7 heteroatoms. The first-order chi connectivity index (χ1) is 18.6. The van der Waals surface area contributed by atoms with Gasteiger partial charge in [0, 0.05) is 35.4 Å². The Balaban J connectivity index is 1.49. The topological polar surface area (TPSA) is 71.1 Å². The van der Waals surface area contributed by atoms with Gasteiger partial charge >= 0.3 is 0 Å². The zero-order valence-corrected chi connectivity index (χ0v) is 21.6. The number of hydrogen-bond acceptors (Lipinski definition) is 4. The minimum absolute atomic E-state index is 0.107. The van der Waals surface area contributed by atoms with Crippen LogP contribution in [0.2, 0.25) is 5.02 Å². The van der Waals surface area contributed by atoms with Crippen molar-refractivity contribution in [3.05, 3.63) is 107 Å². The van der Waals surface area contributed by atoms with Gasteiger partial charge in [0.1, 0.15) is 29.7 Å². The zero-order valence-electron chi connectivity index (χ0n) is 20.9. The van der Waals surface area contributed by atoms with Gasteiger partial charge < -0.3 is 9.64 Å². The molecule has 0 radical (unpaired) electrons. The van der Waals surface area contributed by atoms with Crippen LogP contribution in [0.4, 0.5) is 0 Å². The number of halogens is 1. The Kier molecular flexibility index (Phi) is 7.86. The molecule has 190 valence electrons. The quantitative estimate of drug-likeness (QED) is 0.200. The van der Waals surface area contributed by atoms with E-state index in [2.05, 4.69) is 6.07 Å². The second-order valence-electron chi connectivity index (χ2n) is 9.18. The van der Waals surface area contributed by atoms with Crippen LogP contribution in [-0.4, -0.2) is 33.7 Å². The van der Waals surface area contributed by atoms with Gasteiger partial charge in [0.05, 0.1) is 5.69 Å². The maximum Gasteiger partial charge on any atom is 0.264 e. The molecular formula is C31H27ClN4O2. The number of hydrogen-bond donors (Lipinski definition) is 0. The average Bonchev–Trinajstić information content (AvgIpc) is 3.40. The summed E-state index contributed by atoms with van der Waals surface area (Å²) in [6.45, 7) is 1.76. The van der Waals surface area contributed by atoms with E-state index >= 15 is 0 Å². The van der Waals surface area contributed by atoms with Gasteiger partial charge in [0.15, 0.2) is 0 Å². The van der Waals surface area contributed by atoms with Gasteiger partial charge in [-0.3, -0.25) is 4.79 Å². The molecule has 0 atom stereocenters. The third-order valence-corrected chi connectivity index (χ3v) is 6.74. The highest BCUT2D eigenvalue weighted by Gasteiger charge is 2.22. The van der Waals surface area contributed by atoms with Crippen LogP contribution >= 0.6 is 11.6 Å². The number of aromatic nitrogens is 2. The highest BCUT2D eigenvalue weighted by Crippen LogP contribution is 2.29. The number of nitriles is 1. The first-order valence-corrected chi connectivity index (χ1v) is 13.0. The largest absolute Gasteiger partial charge is 0.489 e. The predicted molar refractivity (Wildman–Crippen MR) is 149 cm³/mol. The van der Waals surface area contributed by atoms with Crippen molar-refractivity contribution in [2.75, 3.05) is 13.1 Å². The van der Waals surface area contributed by atoms with E-state index < -0.39 is 0 Å². The summed E-state index contributed by atoms with van der Waals surface area (Å²) in [4.78, 5) is 14.9. The minimum Gasteiger partial charge on any atom is -0.489 e. The molecule has 1 saturated heterocycles. The van der Waals surface area contributed by atoms with Crippen molar-refractivity contribution in [2.45, 2.75) is 25.9 Å². The molecule has 2 heterocycles. The molecule has 1 aliphatic heterocycles. The summed E-state index contributed by atoms with van der Waals surface area (Å²) in [7, 11) is 0. The van der Waals surface area contributed by atoms with E-state index in [9.17, 15) is 10.1 Å². The first kappa shape index (κ1) is 25.3. The van der Waals surface area contributed by atoms with E-state index in [1.165, 1.54) is 0 Å². The SMILES string of the molecule is N#CC(=Cc1cn(-c2ccccc2)nc1-c1cccc(OCc2ccc(Cl)cc2)c1)C(=O)N1CCCCC1. The fourth-order valence-corrected chi connectivity index (χ4v) is 4.60. The average molecular weight is 523 g/mol. The Hall–Kier alpha value is -4.34. The lowest BCUT2D eigenvalue weighted by molar-refractivity contribution is -0.127. The van der Waals surface area contributed by atoms with Crippen molar-refractivity contribution >= 4 is 23.6 Å². The summed E-state index contributed by atoms with van der Waals surface area (Å²) < 4.78 is 7.81. The Bertz CT molecular complexity index is 1480. The molecule has 0 aliphatic carbocycles. The van der Waals surface area contributed by atoms with Crippen molar-refractivity contribution < 1.29 is 9.53 Å². The first-order valence-electron chi connectivity index (χ1n) is 12.6. The highest BCUT2D eigenvalue weighted by molar-refractivity contribution is 6.30. The van der Waals surface area contributed by atoms with Crippen LogP contribution in [0.1, 0.15) is 30.4 Å². The van der Waals surface area contributed by atoms with E-state index in [0.717, 1.165) is 36.1 Å². The van der Waals surface area contributed by atoms with Gasteiger partial charge in [-0.1, -0.05) is 54.1 Å². The van der Waals surface area contributed by atoms with Crippen LogP contribution in [0.3, 0.4) is 0 Å². The van der Waals surface area contributed by atoms with E-state index in [1.807, 2.05) is 85.1 Å². The number of piperidine rings is 1. The smallest absolute Gasteiger partial charge is 0.264 e. The summed E-state index contributed by atoms with van der Waals surface area (Å²) in [5, 5.41) is 15.4. The van der Waals surface area contributed by atoms with E-state index in [4.69, 9.17) is 21.4 Å². The molecule has 1 aliphatic rings. The van der Waals surface area contributed by atoms with Crippen LogP contribution in [0.15, 0.2) is 90.6 Å². The molecule has 0 N–H and O–H groups in total. The van der Waals surface area contributed by atoms with Gasteiger partial charge in [0.25, 0.3) is 5.91 Å². The van der Waals surface area contributed by atoms with Gasteiger partial charge in [-0.15, -0.1) is 0 Å². The number of amides is 1. The van der Waals surface area contributed by atoms with E-state index in [0.29, 0.717) is 41.7 Å². The molecule has 0 bridgehead atoms. The summed E-state index contributed by atoms with van der Waals surface area (Å²) >= 11 is 5.99. The monoisotopic (exact) mass is 522 g/mol. The maximum atomic E-state index is 13.1. The molecular weight excluding hydrogens is 496 g/mol. The lowest BCUT2D eigenvalue weighted by Crippen LogP contribution is -2.36. The molecule has 0 spiro atoms. The predicted octanol–water partition coefficient (Wildman–Crippen LogP) is 6.69. The molecule has 0 saturated carbocycles. The lowest BCUT2D eigenvalue weighted by atomic mass is 10.0. The molecule has 5 rings (SSSR count). The number of para-hydroxylation sites is 1. The second kappa shape index (κ2) is 11.8. The van der Waals surface area contributed by atoms with Gasteiger partial charge in [-0.25, -0.2) is 4.68 Å². The van der Waals surface area contributed by atoms with Crippen molar-refractivity contribution in [1.29, 1.82) is 5.26 Å². The Labute approximate surface area is 227 Å². The Morgan fingerprint density at radius 1 is 1.00 bits per heavy atom. The maximum absolute atomic E-state index is 13.1. The number of carbonyl (C=O) groups excluding carboxylic acids is 1. The van der Waals surface area contributed by atoms with E-state index in [1.54, 1.807) is 15.7 Å². The molecule has 3 aromatic carbocycles. The molecule has 1 amide bonds. The van der Waals surface area contributed by atoms with Gasteiger partial charge in [-0.05, 0) is 67.3 Å². The Morgan fingerprint density at radius 2 is 1.76 bits per heavy atom. The summed E-state index contributed by atoms with van der Waals surface area (Å²) in [6, 6.07) is 27.1. The number of rotatable bonds is 7. The molecule has 1 aromatic heterocycles. The number of carbonyl (C=O) groups is 1. The zero-order chi connectivity index (χ0) is 26.3. The summed E-state index contributed by atoms with van der Waals surface area (Å²) in [5.41, 5.74) is 4.16.